The Morgan fingerprint density at radius 3 is 1.80 bits per heavy atom. The first-order valence-corrected chi connectivity index (χ1v) is 1.10. The van der Waals surface area contributed by atoms with Crippen LogP contribution in [0.4, 0.5) is 4.79 Å². The van der Waals surface area contributed by atoms with Crippen LogP contribution in [0.5, 0.6) is 0 Å². The van der Waals surface area contributed by atoms with Crippen molar-refractivity contribution in [2.45, 2.75) is 0 Å². The second-order valence-corrected chi connectivity index (χ2v) is 0.665. The van der Waals surface area contributed by atoms with E-state index in [9.17, 15) is 0 Å². The summed E-state index contributed by atoms with van der Waals surface area (Å²) in [4.78, 5) is 8.86. The summed E-state index contributed by atoms with van der Waals surface area (Å²) >= 11 is 2.88. The molecule has 0 heterocycles. The molecular weight excluding hydrogens is 90.1 g/mol. The van der Waals surface area contributed by atoms with Gasteiger partial charge in [0.2, 0.25) is 0 Å². The van der Waals surface area contributed by atoms with Crippen molar-refractivity contribution < 1.29 is 9.90 Å². The maximum atomic E-state index is 8.86. The lowest BCUT2D eigenvalue weighted by Gasteiger charge is -1.58. The zero-order valence-corrected chi connectivity index (χ0v) is 3.40. The number of carboxylic acid groups (broad SMARTS) is 1. The first-order chi connectivity index (χ1) is 1.73. The third kappa shape index (κ3) is 247. The molecule has 0 rings (SSSR count). The number of carbonyl (C=O) groups is 1. The van der Waals surface area contributed by atoms with Gasteiger partial charge in [0, 0.05) is 0 Å². The highest BCUT2D eigenvalue weighted by Crippen LogP contribution is 1.66. The van der Waals surface area contributed by atoms with E-state index in [0.29, 0.717) is 0 Å². The highest BCUT2D eigenvalue weighted by atomic mass is 32.1. The van der Waals surface area contributed by atoms with Crippen LogP contribution >= 0.6 is 12.6 Å². The van der Waals surface area contributed by atoms with Crippen LogP contribution in [0, 0.1) is 0 Å². The molecule has 0 bridgehead atoms. The van der Waals surface area contributed by atoms with Gasteiger partial charge in [-0.3, -0.25) is 0 Å². The predicted molar refractivity (Wildman–Crippen MR) is 22.0 cm³/mol. The van der Waals surface area contributed by atoms with E-state index in [-0.39, 0.29) is 6.15 Å². The molecule has 0 atom stereocenters. The van der Waals surface area contributed by atoms with Crippen LogP contribution in [-0.2, 0) is 0 Å². The molecule has 0 aliphatic heterocycles. The minimum atomic E-state index is -1.14. The van der Waals surface area contributed by atoms with E-state index in [0.717, 1.165) is 0 Å². The van der Waals surface area contributed by atoms with Crippen molar-refractivity contribution in [3.05, 3.63) is 0 Å². The van der Waals surface area contributed by atoms with E-state index < -0.39 is 5.30 Å². The van der Waals surface area contributed by atoms with Gasteiger partial charge in [0.1, 0.15) is 0 Å². The van der Waals surface area contributed by atoms with Crippen molar-refractivity contribution in [3.8, 4) is 0 Å². The number of thiol groups is 1. The standard InChI is InChI=1S/CH2O2S.H3N/c2-1(3)4;/h4H,(H,2,3);1H3. The van der Waals surface area contributed by atoms with Gasteiger partial charge in [-0.05, 0) is 0 Å². The highest BCUT2D eigenvalue weighted by molar-refractivity contribution is 7.96. The van der Waals surface area contributed by atoms with Crippen LogP contribution in [-0.4, -0.2) is 10.4 Å². The molecule has 0 saturated carbocycles. The zero-order valence-electron chi connectivity index (χ0n) is 2.51. The molecule has 0 aromatic rings. The molecule has 32 valence electrons. The molecule has 0 amide bonds. The molecule has 0 spiro atoms. The molecule has 0 unspecified atom stereocenters. The molecule has 4 N–H and O–H groups in total. The Morgan fingerprint density at radius 1 is 1.80 bits per heavy atom. The van der Waals surface area contributed by atoms with E-state index >= 15 is 0 Å². The van der Waals surface area contributed by atoms with Crippen molar-refractivity contribution in [2.75, 3.05) is 0 Å². The van der Waals surface area contributed by atoms with Gasteiger partial charge in [-0.2, -0.15) is 0 Å². The lowest BCUT2D eigenvalue weighted by atomic mass is 11.6. The summed E-state index contributed by atoms with van der Waals surface area (Å²) in [7, 11) is 0. The molecule has 0 aliphatic carbocycles. The Hall–Kier alpha value is -0.220. The molecule has 0 fully saturated rings. The van der Waals surface area contributed by atoms with E-state index in [4.69, 9.17) is 9.90 Å². The Labute approximate surface area is 35.0 Å². The molecule has 0 aromatic carbocycles. The van der Waals surface area contributed by atoms with Crippen molar-refractivity contribution in [1.29, 1.82) is 0 Å². The fraction of sp³-hybridized carbons (Fsp3) is 0. The third-order valence-corrected chi connectivity index (χ3v) is 0. The summed E-state index contributed by atoms with van der Waals surface area (Å²) in [5.41, 5.74) is 0. The Balaban J connectivity index is 0. The SMILES string of the molecule is N.O=C(O)S. The average Bonchev–Trinajstić information content (AvgIpc) is 0.811. The molecule has 0 saturated heterocycles. The first kappa shape index (κ1) is 8.84. The van der Waals surface area contributed by atoms with Gasteiger partial charge < -0.3 is 11.3 Å². The van der Waals surface area contributed by atoms with Gasteiger partial charge in [-0.15, -0.1) is 0 Å². The van der Waals surface area contributed by atoms with Crippen LogP contribution in [0.2, 0.25) is 0 Å². The molecule has 0 aliphatic rings. The summed E-state index contributed by atoms with van der Waals surface area (Å²) in [5, 5.41) is 6.14. The fourth-order valence-electron chi connectivity index (χ4n) is 0. The first-order valence-electron chi connectivity index (χ1n) is 0.651. The van der Waals surface area contributed by atoms with Crippen LogP contribution < -0.4 is 6.15 Å². The van der Waals surface area contributed by atoms with E-state index in [1.807, 2.05) is 0 Å². The van der Waals surface area contributed by atoms with Crippen molar-refractivity contribution in [3.63, 3.8) is 0 Å². The number of rotatable bonds is 0. The van der Waals surface area contributed by atoms with Crippen LogP contribution in [0.1, 0.15) is 0 Å². The van der Waals surface area contributed by atoms with E-state index in [1.165, 1.54) is 0 Å². The second kappa shape index (κ2) is 3.78. The summed E-state index contributed by atoms with van der Waals surface area (Å²) in [5.74, 6) is 0. The van der Waals surface area contributed by atoms with Gasteiger partial charge in [-0.25, -0.2) is 4.79 Å². The number of hydrogen-bond acceptors (Lipinski definition) is 2. The van der Waals surface area contributed by atoms with Gasteiger partial charge in [-0.1, -0.05) is 12.6 Å². The fourth-order valence-corrected chi connectivity index (χ4v) is 0. The Kier molecular flexibility index (Phi) is 6.68. The summed E-state index contributed by atoms with van der Waals surface area (Å²) in [6, 6.07) is 0. The smallest absolute Gasteiger partial charge is 0.361 e. The maximum Gasteiger partial charge on any atom is 0.361 e. The lowest BCUT2D eigenvalue weighted by molar-refractivity contribution is 0.222. The molecule has 5 heavy (non-hydrogen) atoms. The van der Waals surface area contributed by atoms with Gasteiger partial charge in [0.25, 0.3) is 0 Å². The van der Waals surface area contributed by atoms with Crippen molar-refractivity contribution in [1.82, 2.24) is 6.15 Å². The second-order valence-electron chi connectivity index (χ2n) is 0.283. The average molecular weight is 95.1 g/mol. The van der Waals surface area contributed by atoms with Crippen LogP contribution in [0.15, 0.2) is 0 Å². The molecule has 0 radical (unpaired) electrons. The topological polar surface area (TPSA) is 72.3 Å². The quantitative estimate of drug-likeness (QED) is 0.389. The van der Waals surface area contributed by atoms with Crippen molar-refractivity contribution >= 4 is 17.9 Å². The molecule has 3 nitrogen and oxygen atoms in total. The van der Waals surface area contributed by atoms with Crippen LogP contribution in [0.25, 0.3) is 0 Å². The normalized spacial score (nSPS) is 5.00. The lowest BCUT2D eigenvalue weighted by Crippen LogP contribution is -1.67. The zero-order chi connectivity index (χ0) is 3.58. The van der Waals surface area contributed by atoms with E-state index in [1.54, 1.807) is 0 Å². The third-order valence-electron chi connectivity index (χ3n) is 0. The van der Waals surface area contributed by atoms with Crippen molar-refractivity contribution in [2.24, 2.45) is 0 Å². The summed E-state index contributed by atoms with van der Waals surface area (Å²) in [6.07, 6.45) is 0. The molecular formula is CH5NO2S. The monoisotopic (exact) mass is 95.0 g/mol. The predicted octanol–water partition coefficient (Wildman–Crippen LogP) is 0.756. The number of hydrogen-bond donors (Lipinski definition) is 3. The largest absolute Gasteiger partial charge is 0.473 e. The highest BCUT2D eigenvalue weighted by Gasteiger charge is 1.67. The van der Waals surface area contributed by atoms with Gasteiger partial charge >= 0.3 is 5.30 Å². The minimum Gasteiger partial charge on any atom is -0.473 e. The summed E-state index contributed by atoms with van der Waals surface area (Å²) in [6.45, 7) is 0. The van der Waals surface area contributed by atoms with Gasteiger partial charge in [0.05, 0.1) is 0 Å². The van der Waals surface area contributed by atoms with Gasteiger partial charge in [0.15, 0.2) is 0 Å². The molecule has 4 heteroatoms. The summed E-state index contributed by atoms with van der Waals surface area (Å²) < 4.78 is 0. The minimum absolute atomic E-state index is 0. The molecule has 0 aromatic heterocycles. The van der Waals surface area contributed by atoms with E-state index in [2.05, 4.69) is 12.6 Å². The Bertz CT molecular complexity index is 32.6. The maximum absolute atomic E-state index is 8.86. The van der Waals surface area contributed by atoms with Crippen LogP contribution in [0.3, 0.4) is 0 Å². The Morgan fingerprint density at radius 2 is 1.80 bits per heavy atom.